The summed E-state index contributed by atoms with van der Waals surface area (Å²) < 4.78 is 14.7. The van der Waals surface area contributed by atoms with Crippen molar-refractivity contribution < 1.29 is 9.18 Å². The van der Waals surface area contributed by atoms with E-state index in [1.807, 2.05) is 30.3 Å². The molecular formula is C18H14FN3O. The SMILES string of the molecule is NC(=O)/C=C\c1cn(-c2ccc(F)cc2)nc1-c1ccccc1. The Morgan fingerprint density at radius 2 is 1.78 bits per heavy atom. The van der Waals surface area contributed by atoms with Gasteiger partial charge in [-0.2, -0.15) is 5.10 Å². The molecule has 4 nitrogen and oxygen atoms in total. The van der Waals surface area contributed by atoms with Crippen LogP contribution in [0.3, 0.4) is 0 Å². The standard InChI is InChI=1S/C18H14FN3O/c19-15-7-9-16(10-8-15)22-12-14(6-11-17(20)23)18(21-22)13-4-2-1-3-5-13/h1-12H,(H2,20,23)/b11-6-. The first kappa shape index (κ1) is 14.7. The number of carbonyl (C=O) groups is 1. The van der Waals surface area contributed by atoms with Gasteiger partial charge in [0.1, 0.15) is 5.82 Å². The lowest BCUT2D eigenvalue weighted by molar-refractivity contribution is -0.113. The van der Waals surface area contributed by atoms with Crippen LogP contribution in [0.5, 0.6) is 0 Å². The minimum absolute atomic E-state index is 0.307. The van der Waals surface area contributed by atoms with Crippen molar-refractivity contribution in [3.63, 3.8) is 0 Å². The molecule has 0 fully saturated rings. The minimum Gasteiger partial charge on any atom is -0.366 e. The molecule has 1 heterocycles. The third-order valence-corrected chi connectivity index (χ3v) is 3.31. The molecule has 1 amide bonds. The Kier molecular flexibility index (Phi) is 4.01. The second-order valence-corrected chi connectivity index (χ2v) is 4.96. The van der Waals surface area contributed by atoms with Crippen molar-refractivity contribution in [1.82, 2.24) is 9.78 Å². The summed E-state index contributed by atoms with van der Waals surface area (Å²) in [6, 6.07) is 15.6. The summed E-state index contributed by atoms with van der Waals surface area (Å²) in [7, 11) is 0. The van der Waals surface area contributed by atoms with Crippen LogP contribution in [0.2, 0.25) is 0 Å². The number of nitrogens with two attached hydrogens (primary N) is 1. The zero-order valence-electron chi connectivity index (χ0n) is 12.2. The van der Waals surface area contributed by atoms with Crippen molar-refractivity contribution in [2.24, 2.45) is 5.73 Å². The molecule has 2 N–H and O–H groups in total. The highest BCUT2D eigenvalue weighted by molar-refractivity contribution is 5.91. The zero-order chi connectivity index (χ0) is 16.2. The molecule has 0 saturated heterocycles. The summed E-state index contributed by atoms with van der Waals surface area (Å²) in [5.41, 5.74) is 8.27. The molecule has 0 aliphatic rings. The fraction of sp³-hybridized carbons (Fsp3) is 0. The number of primary amides is 1. The van der Waals surface area contributed by atoms with E-state index in [0.29, 0.717) is 5.69 Å². The molecule has 5 heteroatoms. The molecule has 0 radical (unpaired) electrons. The number of hydrogen-bond acceptors (Lipinski definition) is 2. The van der Waals surface area contributed by atoms with Crippen LogP contribution >= 0.6 is 0 Å². The topological polar surface area (TPSA) is 60.9 Å². The molecule has 0 saturated carbocycles. The summed E-state index contributed by atoms with van der Waals surface area (Å²) in [4.78, 5) is 11.0. The Bertz CT molecular complexity index is 852. The average molecular weight is 307 g/mol. The third-order valence-electron chi connectivity index (χ3n) is 3.31. The van der Waals surface area contributed by atoms with Crippen molar-refractivity contribution in [2.75, 3.05) is 0 Å². The molecule has 0 spiro atoms. The number of aromatic nitrogens is 2. The van der Waals surface area contributed by atoms with Gasteiger partial charge in [-0.1, -0.05) is 30.3 Å². The van der Waals surface area contributed by atoms with Gasteiger partial charge in [-0.25, -0.2) is 9.07 Å². The van der Waals surface area contributed by atoms with Gasteiger partial charge in [0.05, 0.1) is 11.4 Å². The number of halogens is 1. The smallest absolute Gasteiger partial charge is 0.241 e. The van der Waals surface area contributed by atoms with Crippen molar-refractivity contribution >= 4 is 12.0 Å². The minimum atomic E-state index is -0.529. The van der Waals surface area contributed by atoms with Crippen LogP contribution in [0.15, 0.2) is 66.9 Å². The summed E-state index contributed by atoms with van der Waals surface area (Å²) in [6.07, 6.45) is 4.69. The van der Waals surface area contributed by atoms with E-state index in [-0.39, 0.29) is 5.82 Å². The second kappa shape index (κ2) is 6.27. The maximum atomic E-state index is 13.1. The maximum Gasteiger partial charge on any atom is 0.241 e. The first-order valence-electron chi connectivity index (χ1n) is 7.02. The van der Waals surface area contributed by atoms with E-state index in [1.54, 1.807) is 29.1 Å². The van der Waals surface area contributed by atoms with Crippen LogP contribution in [-0.2, 0) is 4.79 Å². The molecule has 0 aliphatic carbocycles. The molecule has 1 aromatic heterocycles. The molecule has 3 aromatic rings. The Morgan fingerprint density at radius 3 is 2.43 bits per heavy atom. The number of amides is 1. The van der Waals surface area contributed by atoms with Gasteiger partial charge in [-0.15, -0.1) is 0 Å². The molecule has 0 aliphatic heterocycles. The van der Waals surface area contributed by atoms with E-state index in [2.05, 4.69) is 5.10 Å². The van der Waals surface area contributed by atoms with Crippen LogP contribution in [-0.4, -0.2) is 15.7 Å². The van der Waals surface area contributed by atoms with Crippen LogP contribution in [0.4, 0.5) is 4.39 Å². The fourth-order valence-electron chi connectivity index (χ4n) is 2.23. The molecule has 114 valence electrons. The molecule has 0 unspecified atom stereocenters. The molecular weight excluding hydrogens is 293 g/mol. The van der Waals surface area contributed by atoms with E-state index in [0.717, 1.165) is 16.8 Å². The van der Waals surface area contributed by atoms with Gasteiger partial charge in [-0.05, 0) is 30.3 Å². The van der Waals surface area contributed by atoms with Crippen LogP contribution < -0.4 is 5.73 Å². The average Bonchev–Trinajstić information content (AvgIpc) is 2.98. The van der Waals surface area contributed by atoms with E-state index < -0.39 is 5.91 Å². The first-order chi connectivity index (χ1) is 11.1. The highest BCUT2D eigenvalue weighted by Gasteiger charge is 2.10. The van der Waals surface area contributed by atoms with E-state index >= 15 is 0 Å². The Morgan fingerprint density at radius 1 is 1.09 bits per heavy atom. The predicted octanol–water partition coefficient (Wildman–Crippen LogP) is 3.18. The molecule has 3 rings (SSSR count). The van der Waals surface area contributed by atoms with E-state index in [4.69, 9.17) is 5.73 Å². The van der Waals surface area contributed by atoms with Crippen molar-refractivity contribution in [2.45, 2.75) is 0 Å². The normalized spacial score (nSPS) is 11.0. The summed E-state index contributed by atoms with van der Waals surface area (Å²) in [5, 5.41) is 4.55. The fourth-order valence-corrected chi connectivity index (χ4v) is 2.23. The van der Waals surface area contributed by atoms with Crippen LogP contribution in [0, 0.1) is 5.82 Å². The highest BCUT2D eigenvalue weighted by Crippen LogP contribution is 2.24. The Balaban J connectivity index is 2.09. The van der Waals surface area contributed by atoms with Crippen molar-refractivity contribution in [1.29, 1.82) is 0 Å². The zero-order valence-corrected chi connectivity index (χ0v) is 12.2. The van der Waals surface area contributed by atoms with Crippen molar-refractivity contribution in [3.05, 3.63) is 78.3 Å². The molecule has 0 atom stereocenters. The number of benzene rings is 2. The summed E-state index contributed by atoms with van der Waals surface area (Å²) in [6.45, 7) is 0. The van der Waals surface area contributed by atoms with Gasteiger partial charge in [0.25, 0.3) is 0 Å². The van der Waals surface area contributed by atoms with E-state index in [9.17, 15) is 9.18 Å². The summed E-state index contributed by atoms with van der Waals surface area (Å²) in [5.74, 6) is -0.836. The molecule has 23 heavy (non-hydrogen) atoms. The quantitative estimate of drug-likeness (QED) is 0.753. The lowest BCUT2D eigenvalue weighted by Gasteiger charge is -2.00. The second-order valence-electron chi connectivity index (χ2n) is 4.96. The van der Waals surface area contributed by atoms with Gasteiger partial charge >= 0.3 is 0 Å². The summed E-state index contributed by atoms with van der Waals surface area (Å²) >= 11 is 0. The molecule has 0 bridgehead atoms. The maximum absolute atomic E-state index is 13.1. The third kappa shape index (κ3) is 3.35. The predicted molar refractivity (Wildman–Crippen MR) is 87.2 cm³/mol. The van der Waals surface area contributed by atoms with Gasteiger partial charge in [0.15, 0.2) is 0 Å². The lowest BCUT2D eigenvalue weighted by Crippen LogP contribution is -2.05. The van der Waals surface area contributed by atoms with Crippen LogP contribution in [0.25, 0.3) is 23.0 Å². The first-order valence-corrected chi connectivity index (χ1v) is 7.02. The monoisotopic (exact) mass is 307 g/mol. The number of nitrogens with zero attached hydrogens (tertiary/aromatic N) is 2. The van der Waals surface area contributed by atoms with E-state index in [1.165, 1.54) is 18.2 Å². The molecule has 2 aromatic carbocycles. The Labute approximate surface area is 132 Å². The van der Waals surface area contributed by atoms with Crippen molar-refractivity contribution in [3.8, 4) is 16.9 Å². The van der Waals surface area contributed by atoms with Gasteiger partial charge in [-0.3, -0.25) is 4.79 Å². The van der Waals surface area contributed by atoms with Crippen LogP contribution in [0.1, 0.15) is 5.56 Å². The van der Waals surface area contributed by atoms with Gasteiger partial charge < -0.3 is 5.73 Å². The largest absolute Gasteiger partial charge is 0.366 e. The Hall–Kier alpha value is -3.21. The van der Waals surface area contributed by atoms with Gasteiger partial charge in [0, 0.05) is 23.4 Å². The van der Waals surface area contributed by atoms with Gasteiger partial charge in [0.2, 0.25) is 5.91 Å². The lowest BCUT2D eigenvalue weighted by atomic mass is 10.1. The number of carbonyl (C=O) groups excluding carboxylic acids is 1. The number of rotatable bonds is 4. The number of hydrogen-bond donors (Lipinski definition) is 1. The highest BCUT2D eigenvalue weighted by atomic mass is 19.1.